The number of ether oxygens (including phenoxy) is 1. The third-order valence-corrected chi connectivity index (χ3v) is 4.86. The molecule has 0 N–H and O–H groups in total. The van der Waals surface area contributed by atoms with Gasteiger partial charge in [0.25, 0.3) is 5.91 Å². The maximum atomic E-state index is 13.1. The van der Waals surface area contributed by atoms with Crippen LogP contribution in [0.5, 0.6) is 5.75 Å². The van der Waals surface area contributed by atoms with Crippen LogP contribution in [-0.4, -0.2) is 36.1 Å². The van der Waals surface area contributed by atoms with E-state index in [9.17, 15) is 4.79 Å². The molecular formula is C21H30N2O2. The minimum atomic E-state index is 0.102. The van der Waals surface area contributed by atoms with Crippen LogP contribution in [0.3, 0.4) is 0 Å². The fourth-order valence-electron chi connectivity index (χ4n) is 3.51. The van der Waals surface area contributed by atoms with Gasteiger partial charge in [0.2, 0.25) is 0 Å². The topological polar surface area (TPSA) is 34.5 Å². The summed E-state index contributed by atoms with van der Waals surface area (Å²) in [6, 6.07) is 8.04. The number of nitrogens with zero attached hydrogens (tertiary/aromatic N) is 2. The number of carbonyl (C=O) groups is 1. The van der Waals surface area contributed by atoms with E-state index in [0.29, 0.717) is 6.54 Å². The predicted octanol–water partition coefficient (Wildman–Crippen LogP) is 4.21. The molecule has 0 bridgehead atoms. The van der Waals surface area contributed by atoms with Crippen LogP contribution < -0.4 is 4.74 Å². The van der Waals surface area contributed by atoms with Gasteiger partial charge in [-0.1, -0.05) is 26.0 Å². The average molecular weight is 342 g/mol. The normalized spacial score (nSPS) is 10.8. The van der Waals surface area contributed by atoms with Gasteiger partial charge in [0, 0.05) is 25.8 Å². The van der Waals surface area contributed by atoms with Crippen molar-refractivity contribution in [3.8, 4) is 5.75 Å². The van der Waals surface area contributed by atoms with Crippen molar-refractivity contribution in [3.63, 3.8) is 0 Å². The lowest BCUT2D eigenvalue weighted by atomic mass is 10.1. The average Bonchev–Trinajstić information content (AvgIpc) is 2.84. The van der Waals surface area contributed by atoms with Gasteiger partial charge in [-0.2, -0.15) is 0 Å². The fraction of sp³-hybridized carbons (Fsp3) is 0.476. The molecule has 0 atom stereocenters. The number of hydrogen-bond acceptors (Lipinski definition) is 2. The Morgan fingerprint density at radius 1 is 1.24 bits per heavy atom. The highest BCUT2D eigenvalue weighted by Crippen LogP contribution is 2.26. The van der Waals surface area contributed by atoms with E-state index in [1.165, 1.54) is 11.3 Å². The minimum absolute atomic E-state index is 0.102. The molecule has 136 valence electrons. The summed E-state index contributed by atoms with van der Waals surface area (Å²) >= 11 is 0. The molecule has 25 heavy (non-hydrogen) atoms. The Bertz CT molecular complexity index is 747. The number of amides is 1. The molecule has 0 fully saturated rings. The van der Waals surface area contributed by atoms with Crippen molar-refractivity contribution in [3.05, 3.63) is 52.3 Å². The SMILES string of the molecule is CCCN(C)C(=O)c1c(C)c(CC)c(C)n1Cc1cccc(OC)c1. The van der Waals surface area contributed by atoms with Crippen molar-refractivity contribution in [1.29, 1.82) is 0 Å². The molecule has 0 spiro atoms. The molecule has 0 radical (unpaired) electrons. The van der Waals surface area contributed by atoms with E-state index in [0.717, 1.165) is 42.0 Å². The standard InChI is InChI=1S/C21H30N2O2/c1-7-12-22(5)21(24)20-15(3)19(8-2)16(4)23(20)14-17-10-9-11-18(13-17)25-6/h9-11,13H,7-8,12,14H2,1-6H3. The van der Waals surface area contributed by atoms with Gasteiger partial charge in [-0.25, -0.2) is 0 Å². The summed E-state index contributed by atoms with van der Waals surface area (Å²) in [6.45, 7) is 9.86. The van der Waals surface area contributed by atoms with Crippen molar-refractivity contribution >= 4 is 5.91 Å². The maximum absolute atomic E-state index is 13.1. The molecule has 1 amide bonds. The highest BCUT2D eigenvalue weighted by atomic mass is 16.5. The predicted molar refractivity (Wildman–Crippen MR) is 103 cm³/mol. The second-order valence-electron chi connectivity index (χ2n) is 6.56. The third kappa shape index (κ3) is 3.89. The summed E-state index contributed by atoms with van der Waals surface area (Å²) in [4.78, 5) is 14.9. The summed E-state index contributed by atoms with van der Waals surface area (Å²) in [5, 5.41) is 0. The summed E-state index contributed by atoms with van der Waals surface area (Å²) in [7, 11) is 3.56. The quantitative estimate of drug-likeness (QED) is 0.755. The number of rotatable bonds is 7. The molecule has 0 aliphatic carbocycles. The van der Waals surface area contributed by atoms with Crippen LogP contribution in [0.2, 0.25) is 0 Å². The van der Waals surface area contributed by atoms with Crippen molar-refractivity contribution in [1.82, 2.24) is 9.47 Å². The molecule has 2 rings (SSSR count). The monoisotopic (exact) mass is 342 g/mol. The van der Waals surface area contributed by atoms with Crippen molar-refractivity contribution in [2.24, 2.45) is 0 Å². The van der Waals surface area contributed by atoms with Crippen LogP contribution in [0, 0.1) is 13.8 Å². The van der Waals surface area contributed by atoms with E-state index >= 15 is 0 Å². The van der Waals surface area contributed by atoms with Gasteiger partial charge in [-0.3, -0.25) is 4.79 Å². The first-order valence-electron chi connectivity index (χ1n) is 9.01. The van der Waals surface area contributed by atoms with E-state index in [2.05, 4.69) is 38.3 Å². The van der Waals surface area contributed by atoms with Gasteiger partial charge in [-0.15, -0.1) is 0 Å². The van der Waals surface area contributed by atoms with Crippen molar-refractivity contribution in [2.45, 2.75) is 47.1 Å². The van der Waals surface area contributed by atoms with E-state index in [4.69, 9.17) is 4.74 Å². The second-order valence-corrected chi connectivity index (χ2v) is 6.56. The Morgan fingerprint density at radius 2 is 1.96 bits per heavy atom. The highest BCUT2D eigenvalue weighted by molar-refractivity contribution is 5.94. The van der Waals surface area contributed by atoms with E-state index in [1.54, 1.807) is 7.11 Å². The van der Waals surface area contributed by atoms with E-state index in [-0.39, 0.29) is 5.91 Å². The van der Waals surface area contributed by atoms with E-state index in [1.807, 2.05) is 30.1 Å². The fourth-order valence-corrected chi connectivity index (χ4v) is 3.51. The molecule has 4 heteroatoms. The van der Waals surface area contributed by atoms with Gasteiger partial charge < -0.3 is 14.2 Å². The third-order valence-electron chi connectivity index (χ3n) is 4.86. The molecule has 4 nitrogen and oxygen atoms in total. The number of methoxy groups -OCH3 is 1. The summed E-state index contributed by atoms with van der Waals surface area (Å²) in [6.07, 6.45) is 1.89. The molecule has 0 saturated carbocycles. The first kappa shape index (κ1) is 19.1. The molecule has 1 heterocycles. The molecule has 0 unspecified atom stereocenters. The number of carbonyl (C=O) groups excluding carboxylic acids is 1. The lowest BCUT2D eigenvalue weighted by Gasteiger charge is -2.19. The zero-order valence-electron chi connectivity index (χ0n) is 16.3. The Labute approximate surface area is 151 Å². The lowest BCUT2D eigenvalue weighted by Crippen LogP contribution is -2.30. The van der Waals surface area contributed by atoms with Crippen molar-refractivity contribution in [2.75, 3.05) is 20.7 Å². The Hall–Kier alpha value is -2.23. The number of hydrogen-bond donors (Lipinski definition) is 0. The Balaban J connectivity index is 2.50. The molecule has 0 saturated heterocycles. The summed E-state index contributed by atoms with van der Waals surface area (Å²) in [5.41, 5.74) is 5.50. The smallest absolute Gasteiger partial charge is 0.270 e. The minimum Gasteiger partial charge on any atom is -0.497 e. The Kier molecular flexibility index (Phi) is 6.29. The first-order valence-corrected chi connectivity index (χ1v) is 9.01. The summed E-state index contributed by atoms with van der Waals surface area (Å²) < 4.78 is 7.50. The maximum Gasteiger partial charge on any atom is 0.270 e. The second kappa shape index (κ2) is 8.24. The molecule has 0 aliphatic heterocycles. The molecule has 0 aliphatic rings. The van der Waals surface area contributed by atoms with Crippen LogP contribution in [0.15, 0.2) is 24.3 Å². The molecular weight excluding hydrogens is 312 g/mol. The van der Waals surface area contributed by atoms with Crippen molar-refractivity contribution < 1.29 is 9.53 Å². The number of aromatic nitrogens is 1. The molecule has 1 aromatic heterocycles. The van der Waals surface area contributed by atoms with Crippen LogP contribution in [-0.2, 0) is 13.0 Å². The Morgan fingerprint density at radius 3 is 2.56 bits per heavy atom. The largest absolute Gasteiger partial charge is 0.497 e. The number of benzene rings is 1. The van der Waals surface area contributed by atoms with Gasteiger partial charge in [-0.05, 0) is 55.5 Å². The summed E-state index contributed by atoms with van der Waals surface area (Å²) in [5.74, 6) is 0.941. The van der Waals surface area contributed by atoms with Crippen LogP contribution in [0.4, 0.5) is 0 Å². The molecule has 2 aromatic rings. The van der Waals surface area contributed by atoms with Crippen LogP contribution >= 0.6 is 0 Å². The van der Waals surface area contributed by atoms with Gasteiger partial charge in [0.15, 0.2) is 0 Å². The van der Waals surface area contributed by atoms with Gasteiger partial charge in [0.1, 0.15) is 11.4 Å². The van der Waals surface area contributed by atoms with Gasteiger partial charge >= 0.3 is 0 Å². The zero-order valence-corrected chi connectivity index (χ0v) is 16.3. The highest BCUT2D eigenvalue weighted by Gasteiger charge is 2.24. The van der Waals surface area contributed by atoms with Crippen LogP contribution in [0.1, 0.15) is 53.1 Å². The zero-order chi connectivity index (χ0) is 18.6. The molecule has 1 aromatic carbocycles. The van der Waals surface area contributed by atoms with E-state index < -0.39 is 0 Å². The van der Waals surface area contributed by atoms with Crippen LogP contribution in [0.25, 0.3) is 0 Å². The van der Waals surface area contributed by atoms with Gasteiger partial charge in [0.05, 0.1) is 7.11 Å². The lowest BCUT2D eigenvalue weighted by molar-refractivity contribution is 0.0784. The first-order chi connectivity index (χ1) is 11.9.